The van der Waals surface area contributed by atoms with Crippen LogP contribution in [0.5, 0.6) is 0 Å². The highest BCUT2D eigenvalue weighted by atomic mass is 16.2. The van der Waals surface area contributed by atoms with Crippen LogP contribution in [0.3, 0.4) is 0 Å². The van der Waals surface area contributed by atoms with E-state index in [1.165, 1.54) is 0 Å². The van der Waals surface area contributed by atoms with E-state index in [-0.39, 0.29) is 11.8 Å². The molecule has 0 aromatic rings. The minimum absolute atomic E-state index is 0.123. The normalized spacial score (nSPS) is 17.6. The Balaban J connectivity index is 2.14. The molecule has 5 heteroatoms. The number of carbonyl (C=O) groups is 2. The van der Waals surface area contributed by atoms with Crippen molar-refractivity contribution in [3.8, 4) is 0 Å². The molecule has 0 aromatic heterocycles. The molecule has 1 saturated heterocycles. The van der Waals surface area contributed by atoms with Crippen LogP contribution in [-0.2, 0) is 9.59 Å². The van der Waals surface area contributed by atoms with Crippen LogP contribution in [0.2, 0.25) is 0 Å². The van der Waals surface area contributed by atoms with E-state index in [0.29, 0.717) is 13.0 Å². The Morgan fingerprint density at radius 1 is 1.40 bits per heavy atom. The van der Waals surface area contributed by atoms with Crippen LogP contribution in [-0.4, -0.2) is 42.4 Å². The van der Waals surface area contributed by atoms with Crippen LogP contribution in [0.15, 0.2) is 0 Å². The predicted octanol–water partition coefficient (Wildman–Crippen LogP) is -0.538. The average molecular weight is 213 g/mol. The highest BCUT2D eigenvalue weighted by molar-refractivity contribution is 5.82. The van der Waals surface area contributed by atoms with Crippen molar-refractivity contribution >= 4 is 11.8 Å². The Kier molecular flexibility index (Phi) is 4.55. The fraction of sp³-hybridized carbons (Fsp3) is 0.800. The van der Waals surface area contributed by atoms with Crippen molar-refractivity contribution in [1.82, 2.24) is 10.2 Å². The molecule has 0 saturated carbocycles. The molecule has 1 aliphatic rings. The molecule has 2 amide bonds. The lowest BCUT2D eigenvalue weighted by Gasteiger charge is -2.15. The van der Waals surface area contributed by atoms with Gasteiger partial charge in [0.05, 0.1) is 6.04 Å². The van der Waals surface area contributed by atoms with Crippen LogP contribution in [0.1, 0.15) is 26.2 Å². The molecule has 3 N–H and O–H groups in total. The summed E-state index contributed by atoms with van der Waals surface area (Å²) in [6.07, 6.45) is 2.56. The number of likely N-dealkylation sites (tertiary alicyclic amines) is 1. The first-order valence-electron chi connectivity index (χ1n) is 5.42. The number of nitrogens with zero attached hydrogens (tertiary/aromatic N) is 1. The van der Waals surface area contributed by atoms with Gasteiger partial charge in [-0.15, -0.1) is 0 Å². The van der Waals surface area contributed by atoms with Crippen LogP contribution >= 0.6 is 0 Å². The van der Waals surface area contributed by atoms with E-state index in [0.717, 1.165) is 25.9 Å². The van der Waals surface area contributed by atoms with E-state index in [1.807, 2.05) is 4.90 Å². The number of carbonyl (C=O) groups excluding carboxylic acids is 2. The average Bonchev–Trinajstić information content (AvgIpc) is 2.70. The molecule has 15 heavy (non-hydrogen) atoms. The van der Waals surface area contributed by atoms with Crippen molar-refractivity contribution in [2.45, 2.75) is 32.2 Å². The van der Waals surface area contributed by atoms with E-state index in [4.69, 9.17) is 5.73 Å². The first kappa shape index (κ1) is 12.0. The summed E-state index contributed by atoms with van der Waals surface area (Å²) in [6.45, 7) is 3.73. The molecule has 0 aliphatic carbocycles. The number of hydrogen-bond donors (Lipinski definition) is 2. The van der Waals surface area contributed by atoms with Gasteiger partial charge in [-0.25, -0.2) is 0 Å². The predicted molar refractivity (Wildman–Crippen MR) is 57.1 cm³/mol. The third-order valence-electron chi connectivity index (χ3n) is 2.51. The molecule has 1 heterocycles. The molecule has 1 rings (SSSR count). The van der Waals surface area contributed by atoms with E-state index in [1.54, 1.807) is 6.92 Å². The number of hydrogen-bond acceptors (Lipinski definition) is 3. The van der Waals surface area contributed by atoms with Crippen molar-refractivity contribution < 1.29 is 9.59 Å². The quantitative estimate of drug-likeness (QED) is 0.658. The Bertz CT molecular complexity index is 235. The van der Waals surface area contributed by atoms with E-state index >= 15 is 0 Å². The number of amides is 2. The second-order valence-electron chi connectivity index (χ2n) is 3.92. The second-order valence-corrected chi connectivity index (χ2v) is 3.92. The molecule has 1 unspecified atom stereocenters. The maximum absolute atomic E-state index is 11.5. The molecular weight excluding hydrogens is 194 g/mol. The number of rotatable bonds is 4. The standard InChI is InChI=1S/C10H19N3O2/c1-8(11)10(15)12-5-4-9(14)13-6-2-3-7-13/h8H,2-7,11H2,1H3,(H,12,15). The molecule has 86 valence electrons. The fourth-order valence-corrected chi connectivity index (χ4v) is 1.58. The molecule has 1 aliphatic heterocycles. The lowest BCUT2D eigenvalue weighted by atomic mass is 10.3. The van der Waals surface area contributed by atoms with Gasteiger partial charge < -0.3 is 16.0 Å². The molecule has 1 atom stereocenters. The molecule has 0 spiro atoms. The van der Waals surface area contributed by atoms with Gasteiger partial charge in [-0.3, -0.25) is 9.59 Å². The number of nitrogens with one attached hydrogen (secondary N) is 1. The largest absolute Gasteiger partial charge is 0.354 e. The summed E-state index contributed by atoms with van der Waals surface area (Å²) in [4.78, 5) is 24.5. The summed E-state index contributed by atoms with van der Waals surface area (Å²) in [5.74, 6) is -0.0818. The van der Waals surface area contributed by atoms with E-state index in [2.05, 4.69) is 5.32 Å². The first-order chi connectivity index (χ1) is 7.11. The molecule has 1 fully saturated rings. The summed E-state index contributed by atoms with van der Waals surface area (Å²) in [7, 11) is 0. The topological polar surface area (TPSA) is 75.4 Å². The Labute approximate surface area is 90.0 Å². The molecule has 0 radical (unpaired) electrons. The number of nitrogens with two attached hydrogens (primary N) is 1. The molecule has 5 nitrogen and oxygen atoms in total. The minimum atomic E-state index is -0.508. The summed E-state index contributed by atoms with van der Waals surface area (Å²) >= 11 is 0. The summed E-state index contributed by atoms with van der Waals surface area (Å²) in [5, 5.41) is 2.63. The van der Waals surface area contributed by atoms with Crippen LogP contribution in [0.25, 0.3) is 0 Å². The minimum Gasteiger partial charge on any atom is -0.354 e. The SMILES string of the molecule is CC(N)C(=O)NCCC(=O)N1CCCC1. The van der Waals surface area contributed by atoms with E-state index in [9.17, 15) is 9.59 Å². The van der Waals surface area contributed by atoms with Gasteiger partial charge in [0.1, 0.15) is 0 Å². The summed E-state index contributed by atoms with van der Waals surface area (Å²) < 4.78 is 0. The van der Waals surface area contributed by atoms with Gasteiger partial charge in [-0.1, -0.05) is 0 Å². The van der Waals surface area contributed by atoms with Crippen molar-refractivity contribution in [2.75, 3.05) is 19.6 Å². The Hall–Kier alpha value is -1.10. The second kappa shape index (κ2) is 5.70. The lowest BCUT2D eigenvalue weighted by Crippen LogP contribution is -2.40. The van der Waals surface area contributed by atoms with Crippen molar-refractivity contribution in [3.63, 3.8) is 0 Å². The third-order valence-corrected chi connectivity index (χ3v) is 2.51. The van der Waals surface area contributed by atoms with Crippen molar-refractivity contribution in [1.29, 1.82) is 0 Å². The van der Waals surface area contributed by atoms with Gasteiger partial charge in [0.2, 0.25) is 11.8 Å². The van der Waals surface area contributed by atoms with Gasteiger partial charge in [0.25, 0.3) is 0 Å². The maximum atomic E-state index is 11.5. The van der Waals surface area contributed by atoms with Crippen LogP contribution < -0.4 is 11.1 Å². The third kappa shape index (κ3) is 3.87. The van der Waals surface area contributed by atoms with Gasteiger partial charge in [-0.05, 0) is 19.8 Å². The maximum Gasteiger partial charge on any atom is 0.236 e. The Morgan fingerprint density at radius 3 is 2.53 bits per heavy atom. The summed E-state index contributed by atoms with van der Waals surface area (Å²) in [6, 6.07) is -0.508. The van der Waals surface area contributed by atoms with Crippen LogP contribution in [0, 0.1) is 0 Å². The lowest BCUT2D eigenvalue weighted by molar-refractivity contribution is -0.130. The smallest absolute Gasteiger partial charge is 0.236 e. The van der Waals surface area contributed by atoms with Crippen LogP contribution in [0.4, 0.5) is 0 Å². The highest BCUT2D eigenvalue weighted by Gasteiger charge is 2.17. The summed E-state index contributed by atoms with van der Waals surface area (Å²) in [5.41, 5.74) is 5.37. The zero-order valence-electron chi connectivity index (χ0n) is 9.16. The van der Waals surface area contributed by atoms with E-state index < -0.39 is 6.04 Å². The van der Waals surface area contributed by atoms with Gasteiger partial charge >= 0.3 is 0 Å². The van der Waals surface area contributed by atoms with Gasteiger partial charge in [0, 0.05) is 26.1 Å². The Morgan fingerprint density at radius 2 is 2.00 bits per heavy atom. The monoisotopic (exact) mass is 213 g/mol. The molecular formula is C10H19N3O2. The highest BCUT2D eigenvalue weighted by Crippen LogP contribution is 2.08. The van der Waals surface area contributed by atoms with Gasteiger partial charge in [0.15, 0.2) is 0 Å². The zero-order chi connectivity index (χ0) is 11.3. The van der Waals surface area contributed by atoms with Crippen molar-refractivity contribution in [2.24, 2.45) is 5.73 Å². The van der Waals surface area contributed by atoms with Gasteiger partial charge in [-0.2, -0.15) is 0 Å². The van der Waals surface area contributed by atoms with Crippen molar-refractivity contribution in [3.05, 3.63) is 0 Å². The first-order valence-corrected chi connectivity index (χ1v) is 5.42. The molecule has 0 aromatic carbocycles. The zero-order valence-corrected chi connectivity index (χ0v) is 9.16. The molecule has 0 bridgehead atoms. The fourth-order valence-electron chi connectivity index (χ4n) is 1.58.